The normalized spacial score (nSPS) is 16.7. The number of rotatable bonds is 1. The highest BCUT2D eigenvalue weighted by Gasteiger charge is 2.39. The van der Waals surface area contributed by atoms with Crippen LogP contribution in [0.5, 0.6) is 5.88 Å². The topological polar surface area (TPSA) is 41.2 Å². The highest BCUT2D eigenvalue weighted by Crippen LogP contribution is 2.34. The lowest BCUT2D eigenvalue weighted by Crippen LogP contribution is -2.48. The van der Waals surface area contributed by atoms with Crippen LogP contribution in [0.15, 0.2) is 35.1 Å². The van der Waals surface area contributed by atoms with Gasteiger partial charge in [0.2, 0.25) is 5.01 Å². The fourth-order valence-electron chi connectivity index (χ4n) is 2.87. The van der Waals surface area contributed by atoms with E-state index in [1.807, 2.05) is 34.9 Å². The number of aromatic nitrogens is 1. The van der Waals surface area contributed by atoms with Gasteiger partial charge in [0.25, 0.3) is 4.74 Å². The molecule has 3 nitrogen and oxygen atoms in total. The van der Waals surface area contributed by atoms with Crippen LogP contribution >= 0.6 is 11.3 Å². The molecule has 1 aromatic carbocycles. The van der Waals surface area contributed by atoms with Crippen LogP contribution in [0, 0.1) is 0 Å². The molecule has 1 N–H and O–H groups in total. The fraction of sp³-hybridized carbons (Fsp3) is 0.375. The summed E-state index contributed by atoms with van der Waals surface area (Å²) in [6.07, 6.45) is 2.07. The zero-order chi connectivity index (χ0) is 14.3. The van der Waals surface area contributed by atoms with E-state index >= 15 is 0 Å². The van der Waals surface area contributed by atoms with E-state index in [9.17, 15) is 9.90 Å². The molecule has 0 radical (unpaired) electrons. The van der Waals surface area contributed by atoms with E-state index < -0.39 is 0 Å². The lowest BCUT2D eigenvalue weighted by Gasteiger charge is -2.25. The monoisotopic (exact) mass is 288 g/mol. The Morgan fingerprint density at radius 3 is 2.65 bits per heavy atom. The molecule has 0 atom stereocenters. The van der Waals surface area contributed by atoms with Crippen LogP contribution in [-0.4, -0.2) is 5.11 Å². The first-order valence-corrected chi connectivity index (χ1v) is 7.68. The first-order valence-electron chi connectivity index (χ1n) is 6.86. The standard InChI is InChI=1S/C16H17NO2S/c1-16(2)9-6-10-17-13(18)12(14(19)20-15(16)17)11-7-4-3-5-8-11/h3-5,7-8H,6,9-10H2,1-2H3/p+1. The summed E-state index contributed by atoms with van der Waals surface area (Å²) >= 11 is 1.27. The summed E-state index contributed by atoms with van der Waals surface area (Å²) in [5.41, 5.74) is 1.16. The van der Waals surface area contributed by atoms with Crippen molar-refractivity contribution in [3.05, 3.63) is 44.9 Å². The molecule has 0 fully saturated rings. The molecule has 0 aliphatic carbocycles. The molecule has 1 aliphatic rings. The third-order valence-corrected chi connectivity index (χ3v) is 5.30. The van der Waals surface area contributed by atoms with Crippen LogP contribution < -0.4 is 9.31 Å². The number of hydrogen-bond acceptors (Lipinski definition) is 3. The third-order valence-electron chi connectivity index (χ3n) is 3.94. The minimum atomic E-state index is -0.0603. The molecule has 0 spiro atoms. The molecule has 4 heteroatoms. The summed E-state index contributed by atoms with van der Waals surface area (Å²) in [4.78, 5) is 12.4. The number of nitrogens with zero attached hydrogens (tertiary/aromatic N) is 1. The third kappa shape index (κ3) is 2.04. The summed E-state index contributed by atoms with van der Waals surface area (Å²) < 4.78 is 1.85. The van der Waals surface area contributed by atoms with Gasteiger partial charge in [0.15, 0.2) is 12.1 Å². The lowest BCUT2D eigenvalue weighted by atomic mass is 9.86. The molecule has 3 rings (SSSR count). The maximum Gasteiger partial charge on any atom is 0.379 e. The second-order valence-corrected chi connectivity index (χ2v) is 6.86. The van der Waals surface area contributed by atoms with Gasteiger partial charge < -0.3 is 5.11 Å². The van der Waals surface area contributed by atoms with Crippen molar-refractivity contribution >= 4 is 11.3 Å². The summed E-state index contributed by atoms with van der Waals surface area (Å²) in [5.74, 6) is 0.114. The average Bonchev–Trinajstić information content (AvgIpc) is 2.41. The molecule has 2 aromatic rings. The molecule has 1 aromatic heterocycles. The Hall–Kier alpha value is -1.68. The van der Waals surface area contributed by atoms with E-state index in [1.54, 1.807) is 0 Å². The quantitative estimate of drug-likeness (QED) is 0.820. The second kappa shape index (κ2) is 4.70. The van der Waals surface area contributed by atoms with Crippen molar-refractivity contribution in [2.45, 2.75) is 38.6 Å². The number of fused-ring (bicyclic) bond motifs is 1. The van der Waals surface area contributed by atoms with E-state index in [1.165, 1.54) is 11.3 Å². The van der Waals surface area contributed by atoms with Crippen molar-refractivity contribution in [2.75, 3.05) is 0 Å². The molecule has 0 unspecified atom stereocenters. The highest BCUT2D eigenvalue weighted by molar-refractivity contribution is 7.09. The Morgan fingerprint density at radius 2 is 1.95 bits per heavy atom. The van der Waals surface area contributed by atoms with Crippen molar-refractivity contribution < 1.29 is 9.67 Å². The smallest absolute Gasteiger partial charge is 0.379 e. The van der Waals surface area contributed by atoms with Gasteiger partial charge in [-0.05, 0) is 37.2 Å². The van der Waals surface area contributed by atoms with Crippen molar-refractivity contribution in [3.63, 3.8) is 0 Å². The highest BCUT2D eigenvalue weighted by atomic mass is 32.1. The van der Waals surface area contributed by atoms with Crippen molar-refractivity contribution in [1.29, 1.82) is 0 Å². The van der Waals surface area contributed by atoms with Gasteiger partial charge >= 0.3 is 5.88 Å². The van der Waals surface area contributed by atoms with E-state index in [-0.39, 0.29) is 16.0 Å². The van der Waals surface area contributed by atoms with Gasteiger partial charge in [0.05, 0.1) is 5.41 Å². The van der Waals surface area contributed by atoms with Crippen molar-refractivity contribution in [1.82, 2.24) is 0 Å². The Kier molecular flexibility index (Phi) is 3.13. The number of aromatic hydroxyl groups is 1. The van der Waals surface area contributed by atoms with Gasteiger partial charge in [-0.1, -0.05) is 30.3 Å². The Bertz CT molecular complexity index is 704. The molecule has 0 saturated carbocycles. The lowest BCUT2D eigenvalue weighted by molar-refractivity contribution is -0.715. The minimum Gasteiger partial charge on any atom is -0.459 e. The number of benzene rings is 1. The fourth-order valence-corrected chi connectivity index (χ4v) is 4.02. The van der Waals surface area contributed by atoms with E-state index in [0.29, 0.717) is 5.56 Å². The van der Waals surface area contributed by atoms with Gasteiger partial charge in [-0.2, -0.15) is 4.57 Å². The maximum atomic E-state index is 12.4. The van der Waals surface area contributed by atoms with E-state index in [0.717, 1.165) is 30.0 Å². The SMILES string of the molecule is CC1(C)CCC[n+]2c1sc(=O)c(-c1ccccc1)c2O. The van der Waals surface area contributed by atoms with Gasteiger partial charge in [-0.3, -0.25) is 4.79 Å². The summed E-state index contributed by atoms with van der Waals surface area (Å²) in [7, 11) is 0. The molecular weight excluding hydrogens is 270 g/mol. The van der Waals surface area contributed by atoms with E-state index in [2.05, 4.69) is 13.8 Å². The van der Waals surface area contributed by atoms with Crippen molar-refractivity contribution in [3.8, 4) is 17.0 Å². The van der Waals surface area contributed by atoms with E-state index in [4.69, 9.17) is 0 Å². The maximum absolute atomic E-state index is 12.4. The van der Waals surface area contributed by atoms with Gasteiger partial charge in [-0.25, -0.2) is 0 Å². The Labute approximate surface area is 122 Å². The predicted molar refractivity (Wildman–Crippen MR) is 80.1 cm³/mol. The summed E-state index contributed by atoms with van der Waals surface area (Å²) in [6, 6.07) is 9.40. The predicted octanol–water partition coefficient (Wildman–Crippen LogP) is 2.84. The molecule has 20 heavy (non-hydrogen) atoms. The van der Waals surface area contributed by atoms with Crippen LogP contribution in [0.25, 0.3) is 11.1 Å². The zero-order valence-corrected chi connectivity index (χ0v) is 12.5. The minimum absolute atomic E-state index is 0.0469. The van der Waals surface area contributed by atoms with Crippen LogP contribution in [-0.2, 0) is 12.0 Å². The first-order chi connectivity index (χ1) is 9.50. The number of hydrogen-bond donors (Lipinski definition) is 1. The molecule has 0 saturated heterocycles. The Morgan fingerprint density at radius 1 is 1.25 bits per heavy atom. The first kappa shape index (κ1) is 13.3. The van der Waals surface area contributed by atoms with Crippen LogP contribution in [0.4, 0.5) is 0 Å². The van der Waals surface area contributed by atoms with Crippen LogP contribution in [0.3, 0.4) is 0 Å². The molecule has 0 bridgehead atoms. The largest absolute Gasteiger partial charge is 0.459 e. The van der Waals surface area contributed by atoms with Gasteiger partial charge in [0, 0.05) is 6.42 Å². The molecule has 1 aliphatic heterocycles. The summed E-state index contributed by atoms with van der Waals surface area (Å²) in [6.45, 7) is 5.05. The second-order valence-electron chi connectivity index (χ2n) is 5.90. The summed E-state index contributed by atoms with van der Waals surface area (Å²) in [5, 5.41) is 11.5. The van der Waals surface area contributed by atoms with Gasteiger partial charge in [-0.15, -0.1) is 0 Å². The molecule has 0 amide bonds. The average molecular weight is 288 g/mol. The molecule has 2 heterocycles. The Balaban J connectivity index is 2.28. The van der Waals surface area contributed by atoms with Crippen LogP contribution in [0.1, 0.15) is 31.7 Å². The molecule has 104 valence electrons. The van der Waals surface area contributed by atoms with Crippen LogP contribution in [0.2, 0.25) is 0 Å². The molecular formula is C16H18NO2S+. The van der Waals surface area contributed by atoms with Crippen molar-refractivity contribution in [2.24, 2.45) is 0 Å². The van der Waals surface area contributed by atoms with Gasteiger partial charge in [0.1, 0.15) is 0 Å². The zero-order valence-electron chi connectivity index (χ0n) is 11.7.